The second-order valence-electron chi connectivity index (χ2n) is 7.43. The fourth-order valence-corrected chi connectivity index (χ4v) is 6.58. The van der Waals surface area contributed by atoms with Gasteiger partial charge in [-0.15, -0.1) is 0 Å². The number of fused-ring (bicyclic) bond motifs is 3. The van der Waals surface area contributed by atoms with Gasteiger partial charge in [0.1, 0.15) is 5.58 Å². The molecule has 4 rings (SSSR count). The summed E-state index contributed by atoms with van der Waals surface area (Å²) in [7, 11) is -3.79. The number of unbranched alkanes of at least 4 members (excludes halogenated alkanes) is 2. The lowest BCUT2D eigenvalue weighted by Gasteiger charge is -2.13. The summed E-state index contributed by atoms with van der Waals surface area (Å²) in [6, 6.07) is 13.4. The number of aromatic nitrogens is 1. The minimum atomic E-state index is -3.79. The van der Waals surface area contributed by atoms with Gasteiger partial charge in [0.25, 0.3) is 10.0 Å². The lowest BCUT2D eigenvalue weighted by atomic mass is 10.1. The van der Waals surface area contributed by atoms with E-state index in [9.17, 15) is 13.2 Å². The van der Waals surface area contributed by atoms with E-state index in [1.807, 2.05) is 19.1 Å². The van der Waals surface area contributed by atoms with Crippen molar-refractivity contribution < 1.29 is 12.8 Å². The van der Waals surface area contributed by atoms with Gasteiger partial charge in [-0.25, -0.2) is 17.2 Å². The molecule has 2 heterocycles. The van der Waals surface area contributed by atoms with Gasteiger partial charge in [0.05, 0.1) is 10.4 Å². The molecule has 0 amide bonds. The van der Waals surface area contributed by atoms with E-state index < -0.39 is 15.6 Å². The maximum atomic E-state index is 13.7. The van der Waals surface area contributed by atoms with E-state index in [0.29, 0.717) is 17.5 Å². The van der Waals surface area contributed by atoms with Crippen LogP contribution in [0.5, 0.6) is 0 Å². The standard InChI is InChI=1S/C23H22INO4S/c1-3-4-5-6-19-23(24)22-17-11-14-21(26)29-20(17)13-12-18(22)25(19)30(27,28)16-9-7-15(2)8-10-16/h7-14H,3-6H2,1-2H3. The van der Waals surface area contributed by atoms with Crippen LogP contribution in [0, 0.1) is 10.5 Å². The summed E-state index contributed by atoms with van der Waals surface area (Å²) in [6.07, 6.45) is 3.64. The van der Waals surface area contributed by atoms with Crippen LogP contribution in [-0.4, -0.2) is 12.4 Å². The van der Waals surface area contributed by atoms with Crippen molar-refractivity contribution in [3.63, 3.8) is 0 Å². The summed E-state index contributed by atoms with van der Waals surface area (Å²) in [6.45, 7) is 4.06. The molecule has 0 saturated carbocycles. The predicted molar refractivity (Wildman–Crippen MR) is 128 cm³/mol. The van der Waals surface area contributed by atoms with Gasteiger partial charge in [-0.05, 0) is 72.7 Å². The van der Waals surface area contributed by atoms with Crippen LogP contribution in [-0.2, 0) is 16.4 Å². The minimum absolute atomic E-state index is 0.262. The molecule has 0 aliphatic rings. The molecule has 0 aliphatic heterocycles. The van der Waals surface area contributed by atoms with Crippen LogP contribution in [0.15, 0.2) is 62.6 Å². The highest BCUT2D eigenvalue weighted by Crippen LogP contribution is 2.36. The number of hydrogen-bond acceptors (Lipinski definition) is 4. The van der Waals surface area contributed by atoms with Gasteiger partial charge >= 0.3 is 5.63 Å². The first-order valence-electron chi connectivity index (χ1n) is 9.92. The first-order chi connectivity index (χ1) is 14.3. The molecule has 5 nitrogen and oxygen atoms in total. The van der Waals surface area contributed by atoms with Crippen LogP contribution >= 0.6 is 22.6 Å². The Kier molecular flexibility index (Phi) is 5.76. The number of hydrogen-bond donors (Lipinski definition) is 0. The molecule has 0 aliphatic carbocycles. The molecule has 30 heavy (non-hydrogen) atoms. The monoisotopic (exact) mass is 535 g/mol. The second kappa shape index (κ2) is 8.19. The van der Waals surface area contributed by atoms with E-state index in [2.05, 4.69) is 29.5 Å². The van der Waals surface area contributed by atoms with Crippen molar-refractivity contribution in [2.24, 2.45) is 0 Å². The zero-order valence-corrected chi connectivity index (χ0v) is 19.8. The van der Waals surface area contributed by atoms with E-state index in [4.69, 9.17) is 4.42 Å². The Hall–Kier alpha value is -2.13. The van der Waals surface area contributed by atoms with Crippen LogP contribution in [0.4, 0.5) is 0 Å². The predicted octanol–water partition coefficient (Wildman–Crippen LogP) is 5.63. The summed E-state index contributed by atoms with van der Waals surface area (Å²) < 4.78 is 35.1. The summed E-state index contributed by atoms with van der Waals surface area (Å²) >= 11 is 2.23. The Bertz CT molecular complexity index is 1400. The number of nitrogens with zero attached hydrogens (tertiary/aromatic N) is 1. The number of rotatable bonds is 6. The molecule has 0 bridgehead atoms. The van der Waals surface area contributed by atoms with Gasteiger partial charge < -0.3 is 4.42 Å². The van der Waals surface area contributed by atoms with Crippen molar-refractivity contribution in [1.29, 1.82) is 0 Å². The van der Waals surface area contributed by atoms with Crippen molar-refractivity contribution in [2.75, 3.05) is 0 Å². The molecule has 0 spiro atoms. The zero-order valence-electron chi connectivity index (χ0n) is 16.8. The summed E-state index contributed by atoms with van der Waals surface area (Å²) in [4.78, 5) is 11.9. The first-order valence-corrected chi connectivity index (χ1v) is 12.4. The lowest BCUT2D eigenvalue weighted by Crippen LogP contribution is -2.16. The van der Waals surface area contributed by atoms with Crippen LogP contribution < -0.4 is 5.63 Å². The van der Waals surface area contributed by atoms with Crippen LogP contribution in [0.2, 0.25) is 0 Å². The maximum Gasteiger partial charge on any atom is 0.336 e. The smallest absolute Gasteiger partial charge is 0.336 e. The van der Waals surface area contributed by atoms with Gasteiger partial charge in [0, 0.05) is 26.1 Å². The Morgan fingerprint density at radius 3 is 2.43 bits per heavy atom. The maximum absolute atomic E-state index is 13.7. The van der Waals surface area contributed by atoms with E-state index in [0.717, 1.165) is 44.9 Å². The van der Waals surface area contributed by atoms with E-state index in [1.54, 1.807) is 30.3 Å². The van der Waals surface area contributed by atoms with Crippen molar-refractivity contribution >= 4 is 54.5 Å². The SMILES string of the molecule is CCCCCc1c(I)c2c3ccc(=O)oc3ccc2n1S(=O)(=O)c1ccc(C)cc1. The average molecular weight is 535 g/mol. The number of halogens is 1. The zero-order chi connectivity index (χ0) is 21.5. The molecular weight excluding hydrogens is 513 g/mol. The van der Waals surface area contributed by atoms with Gasteiger partial charge in [0.15, 0.2) is 0 Å². The van der Waals surface area contributed by atoms with Gasteiger partial charge in [0.2, 0.25) is 0 Å². The van der Waals surface area contributed by atoms with Crippen molar-refractivity contribution in [3.8, 4) is 0 Å². The molecule has 4 aromatic rings. The van der Waals surface area contributed by atoms with E-state index >= 15 is 0 Å². The van der Waals surface area contributed by atoms with E-state index in [-0.39, 0.29) is 4.90 Å². The highest BCUT2D eigenvalue weighted by Gasteiger charge is 2.27. The molecule has 0 radical (unpaired) electrons. The molecule has 2 aromatic carbocycles. The Balaban J connectivity index is 2.05. The van der Waals surface area contributed by atoms with Crippen molar-refractivity contribution in [1.82, 2.24) is 3.97 Å². The van der Waals surface area contributed by atoms with Crippen molar-refractivity contribution in [3.05, 3.63) is 73.8 Å². The normalized spacial score (nSPS) is 12.1. The fourth-order valence-electron chi connectivity index (χ4n) is 3.76. The Morgan fingerprint density at radius 2 is 1.73 bits per heavy atom. The van der Waals surface area contributed by atoms with Crippen LogP contribution in [0.1, 0.15) is 37.4 Å². The molecular formula is C23H22INO4S. The third-order valence-corrected chi connectivity index (χ3v) is 8.22. The molecule has 7 heteroatoms. The average Bonchev–Trinajstić information content (AvgIpc) is 3.01. The summed E-state index contributed by atoms with van der Waals surface area (Å²) in [5.74, 6) is 0. The lowest BCUT2D eigenvalue weighted by molar-refractivity contribution is 0.561. The molecule has 0 fully saturated rings. The first kappa shape index (κ1) is 21.1. The third-order valence-electron chi connectivity index (χ3n) is 5.29. The number of aryl methyl sites for hydroxylation is 1. The summed E-state index contributed by atoms with van der Waals surface area (Å²) in [5.41, 5.74) is 2.42. The highest BCUT2D eigenvalue weighted by atomic mass is 127. The fraction of sp³-hybridized carbons (Fsp3) is 0.261. The Morgan fingerprint density at radius 1 is 1.00 bits per heavy atom. The molecule has 0 unspecified atom stereocenters. The summed E-state index contributed by atoms with van der Waals surface area (Å²) in [5, 5.41) is 1.55. The molecule has 2 aromatic heterocycles. The molecule has 156 valence electrons. The quantitative estimate of drug-likeness (QED) is 0.182. The minimum Gasteiger partial charge on any atom is -0.423 e. The van der Waals surface area contributed by atoms with Gasteiger partial charge in [-0.2, -0.15) is 0 Å². The third kappa shape index (κ3) is 3.58. The highest BCUT2D eigenvalue weighted by molar-refractivity contribution is 14.1. The van der Waals surface area contributed by atoms with E-state index in [1.165, 1.54) is 10.0 Å². The topological polar surface area (TPSA) is 69.3 Å². The molecule has 0 saturated heterocycles. The van der Waals surface area contributed by atoms with Crippen LogP contribution in [0.3, 0.4) is 0 Å². The molecule has 0 atom stereocenters. The second-order valence-corrected chi connectivity index (χ2v) is 10.3. The largest absolute Gasteiger partial charge is 0.423 e. The van der Waals surface area contributed by atoms with Crippen molar-refractivity contribution in [2.45, 2.75) is 44.4 Å². The molecule has 0 N–H and O–H groups in total. The van der Waals surface area contributed by atoms with Gasteiger partial charge in [-0.3, -0.25) is 0 Å². The number of benzene rings is 2. The van der Waals surface area contributed by atoms with Gasteiger partial charge in [-0.1, -0.05) is 37.5 Å². The van der Waals surface area contributed by atoms with Crippen LogP contribution in [0.25, 0.3) is 21.9 Å². The Labute approximate surface area is 188 Å².